The molecule has 0 saturated carbocycles. The van der Waals surface area contributed by atoms with E-state index in [-0.39, 0.29) is 12.1 Å². The van der Waals surface area contributed by atoms with E-state index in [9.17, 15) is 13.6 Å². The van der Waals surface area contributed by atoms with E-state index in [4.69, 9.17) is 0 Å². The molecule has 4 nitrogen and oxygen atoms in total. The fourth-order valence-electron chi connectivity index (χ4n) is 2.53. The van der Waals surface area contributed by atoms with E-state index < -0.39 is 17.5 Å². The molecular formula is C19H17F2N3O. The summed E-state index contributed by atoms with van der Waals surface area (Å²) in [5.74, 6) is -1.43. The summed E-state index contributed by atoms with van der Waals surface area (Å²) in [7, 11) is 0. The lowest BCUT2D eigenvalue weighted by molar-refractivity contribution is 0.0945. The van der Waals surface area contributed by atoms with Gasteiger partial charge in [-0.2, -0.15) is 0 Å². The van der Waals surface area contributed by atoms with Crippen molar-refractivity contribution < 1.29 is 13.6 Å². The highest BCUT2D eigenvalue weighted by Gasteiger charge is 2.13. The number of imidazole rings is 1. The number of nitrogens with zero attached hydrogens (tertiary/aromatic N) is 2. The Kier molecular flexibility index (Phi) is 5.18. The standard InChI is InChI=1S/C19H17F2N3O/c20-15-6-7-17(21)16(12-15)19(25)23-13-18-22-9-11-24(18)10-8-14-4-2-1-3-5-14/h1-7,9,11-12H,8,10,13H2,(H,23,25). The summed E-state index contributed by atoms with van der Waals surface area (Å²) in [6, 6.07) is 12.8. The number of nitrogens with one attached hydrogen (secondary N) is 1. The van der Waals surface area contributed by atoms with Gasteiger partial charge in [-0.25, -0.2) is 13.8 Å². The molecule has 3 rings (SSSR count). The zero-order valence-electron chi connectivity index (χ0n) is 13.5. The number of carbonyl (C=O) groups excluding carboxylic acids is 1. The van der Waals surface area contributed by atoms with Crippen LogP contribution in [0.4, 0.5) is 8.78 Å². The Hall–Kier alpha value is -3.02. The molecule has 3 aromatic rings. The number of benzene rings is 2. The van der Waals surface area contributed by atoms with Crippen LogP contribution in [0.3, 0.4) is 0 Å². The number of aromatic nitrogens is 2. The van der Waals surface area contributed by atoms with Crippen LogP contribution in [-0.2, 0) is 19.5 Å². The van der Waals surface area contributed by atoms with Crippen LogP contribution in [0.1, 0.15) is 21.7 Å². The maximum absolute atomic E-state index is 13.6. The highest BCUT2D eigenvalue weighted by molar-refractivity contribution is 5.94. The lowest BCUT2D eigenvalue weighted by Gasteiger charge is -2.10. The summed E-state index contributed by atoms with van der Waals surface area (Å²) >= 11 is 0. The zero-order chi connectivity index (χ0) is 17.6. The highest BCUT2D eigenvalue weighted by Crippen LogP contribution is 2.10. The van der Waals surface area contributed by atoms with Crippen molar-refractivity contribution in [2.75, 3.05) is 0 Å². The van der Waals surface area contributed by atoms with E-state index in [1.807, 2.05) is 41.1 Å². The average Bonchev–Trinajstić information content (AvgIpc) is 3.08. The molecule has 25 heavy (non-hydrogen) atoms. The molecule has 0 saturated heterocycles. The third kappa shape index (κ3) is 4.29. The topological polar surface area (TPSA) is 46.9 Å². The first kappa shape index (κ1) is 16.8. The molecule has 0 aliphatic rings. The van der Waals surface area contributed by atoms with Gasteiger partial charge in [-0.1, -0.05) is 30.3 Å². The Labute approximate surface area is 144 Å². The molecule has 0 unspecified atom stereocenters. The van der Waals surface area contributed by atoms with Gasteiger partial charge >= 0.3 is 0 Å². The molecule has 0 bridgehead atoms. The maximum Gasteiger partial charge on any atom is 0.254 e. The molecule has 0 aliphatic heterocycles. The predicted octanol–water partition coefficient (Wildman–Crippen LogP) is 3.33. The first-order valence-electron chi connectivity index (χ1n) is 7.90. The number of carbonyl (C=O) groups is 1. The molecule has 1 amide bonds. The van der Waals surface area contributed by atoms with Crippen LogP contribution in [0.15, 0.2) is 60.9 Å². The molecule has 0 spiro atoms. The second-order valence-electron chi connectivity index (χ2n) is 5.58. The van der Waals surface area contributed by atoms with E-state index >= 15 is 0 Å². The monoisotopic (exact) mass is 341 g/mol. The SMILES string of the molecule is O=C(NCc1nccn1CCc1ccccc1)c1cc(F)ccc1F. The van der Waals surface area contributed by atoms with E-state index in [0.29, 0.717) is 12.4 Å². The summed E-state index contributed by atoms with van der Waals surface area (Å²) in [4.78, 5) is 16.3. The summed E-state index contributed by atoms with van der Waals surface area (Å²) in [6.45, 7) is 0.847. The normalized spacial score (nSPS) is 10.6. The van der Waals surface area contributed by atoms with Crippen molar-refractivity contribution in [1.82, 2.24) is 14.9 Å². The number of rotatable bonds is 6. The van der Waals surface area contributed by atoms with E-state index in [1.54, 1.807) is 6.20 Å². The van der Waals surface area contributed by atoms with E-state index in [0.717, 1.165) is 24.6 Å². The zero-order valence-corrected chi connectivity index (χ0v) is 13.5. The second kappa shape index (κ2) is 7.70. The van der Waals surface area contributed by atoms with Crippen molar-refractivity contribution in [2.24, 2.45) is 0 Å². The fraction of sp³-hybridized carbons (Fsp3) is 0.158. The predicted molar refractivity (Wildman–Crippen MR) is 89.9 cm³/mol. The molecule has 0 aliphatic carbocycles. The van der Waals surface area contributed by atoms with Crippen molar-refractivity contribution in [3.8, 4) is 0 Å². The first-order chi connectivity index (χ1) is 12.1. The van der Waals surface area contributed by atoms with Gasteiger partial charge in [-0.05, 0) is 30.2 Å². The molecule has 0 radical (unpaired) electrons. The third-order valence-electron chi connectivity index (χ3n) is 3.87. The lowest BCUT2D eigenvalue weighted by atomic mass is 10.1. The number of hydrogen-bond acceptors (Lipinski definition) is 2. The smallest absolute Gasteiger partial charge is 0.254 e. The van der Waals surface area contributed by atoms with E-state index in [2.05, 4.69) is 10.3 Å². The average molecular weight is 341 g/mol. The fourth-order valence-corrected chi connectivity index (χ4v) is 2.53. The molecule has 2 aromatic carbocycles. The Balaban J connectivity index is 1.61. The van der Waals surface area contributed by atoms with Gasteiger partial charge in [0, 0.05) is 18.9 Å². The molecule has 1 aromatic heterocycles. The molecule has 6 heteroatoms. The van der Waals surface area contributed by atoms with Gasteiger partial charge in [-0.15, -0.1) is 0 Å². The van der Waals surface area contributed by atoms with Crippen LogP contribution in [0.25, 0.3) is 0 Å². The number of amides is 1. The van der Waals surface area contributed by atoms with Crippen LogP contribution in [0.5, 0.6) is 0 Å². The molecule has 0 fully saturated rings. The molecule has 0 atom stereocenters. The van der Waals surface area contributed by atoms with Crippen molar-refractivity contribution >= 4 is 5.91 Å². The first-order valence-corrected chi connectivity index (χ1v) is 7.90. The van der Waals surface area contributed by atoms with Crippen molar-refractivity contribution in [3.05, 3.63) is 89.5 Å². The summed E-state index contributed by atoms with van der Waals surface area (Å²) in [6.07, 6.45) is 4.30. The molecule has 1 N–H and O–H groups in total. The van der Waals surface area contributed by atoms with Crippen LogP contribution in [0, 0.1) is 11.6 Å². The van der Waals surface area contributed by atoms with Crippen LogP contribution < -0.4 is 5.32 Å². The molecule has 1 heterocycles. The van der Waals surface area contributed by atoms with Gasteiger partial charge in [0.1, 0.15) is 17.5 Å². The van der Waals surface area contributed by atoms with Crippen LogP contribution >= 0.6 is 0 Å². The van der Waals surface area contributed by atoms with Crippen molar-refractivity contribution in [2.45, 2.75) is 19.5 Å². The molecular weight excluding hydrogens is 324 g/mol. The Morgan fingerprint density at radius 2 is 1.92 bits per heavy atom. The van der Waals surface area contributed by atoms with Gasteiger partial charge in [0.2, 0.25) is 0 Å². The summed E-state index contributed by atoms with van der Waals surface area (Å²) in [5.41, 5.74) is 0.885. The Bertz CT molecular complexity index is 862. The molecule has 128 valence electrons. The van der Waals surface area contributed by atoms with Crippen LogP contribution in [0.2, 0.25) is 0 Å². The van der Waals surface area contributed by atoms with Gasteiger partial charge in [0.15, 0.2) is 0 Å². The minimum absolute atomic E-state index is 0.135. The minimum Gasteiger partial charge on any atom is -0.345 e. The van der Waals surface area contributed by atoms with Gasteiger partial charge < -0.3 is 9.88 Å². The summed E-state index contributed by atoms with van der Waals surface area (Å²) < 4.78 is 28.7. The minimum atomic E-state index is -0.758. The van der Waals surface area contributed by atoms with Gasteiger partial charge in [0.05, 0.1) is 12.1 Å². The summed E-state index contributed by atoms with van der Waals surface area (Å²) in [5, 5.41) is 2.58. The van der Waals surface area contributed by atoms with Crippen molar-refractivity contribution in [1.29, 1.82) is 0 Å². The quantitative estimate of drug-likeness (QED) is 0.747. The van der Waals surface area contributed by atoms with Gasteiger partial charge in [0.25, 0.3) is 5.91 Å². The third-order valence-corrected chi connectivity index (χ3v) is 3.87. The number of halogens is 2. The maximum atomic E-state index is 13.6. The second-order valence-corrected chi connectivity index (χ2v) is 5.58. The number of aryl methyl sites for hydroxylation is 2. The van der Waals surface area contributed by atoms with Crippen molar-refractivity contribution in [3.63, 3.8) is 0 Å². The highest BCUT2D eigenvalue weighted by atomic mass is 19.1. The Morgan fingerprint density at radius 3 is 2.72 bits per heavy atom. The number of hydrogen-bond donors (Lipinski definition) is 1. The van der Waals surface area contributed by atoms with E-state index in [1.165, 1.54) is 5.56 Å². The largest absolute Gasteiger partial charge is 0.345 e. The van der Waals surface area contributed by atoms with Gasteiger partial charge in [-0.3, -0.25) is 4.79 Å². The lowest BCUT2D eigenvalue weighted by Crippen LogP contribution is -2.26. The van der Waals surface area contributed by atoms with Crippen LogP contribution in [-0.4, -0.2) is 15.5 Å². The Morgan fingerprint density at radius 1 is 1.12 bits per heavy atom.